The Hall–Kier alpha value is -3.36. The molecule has 184 valence electrons. The van der Waals surface area contributed by atoms with Crippen LogP contribution >= 0.6 is 11.6 Å². The zero-order chi connectivity index (χ0) is 25.3. The average Bonchev–Trinajstić information content (AvgIpc) is 2.86. The molecular weight excluding hydrogens is 486 g/mol. The molecule has 1 N–H and O–H groups in total. The van der Waals surface area contributed by atoms with Crippen molar-refractivity contribution in [3.05, 3.63) is 88.9 Å². The fraction of sp³-hybridized carbons (Fsp3) is 0.231. The number of hydrogen-bond acceptors (Lipinski definition) is 5. The highest BCUT2D eigenvalue weighted by Crippen LogP contribution is 2.28. The van der Waals surface area contributed by atoms with Gasteiger partial charge >= 0.3 is 0 Å². The largest absolute Gasteiger partial charge is 0.493 e. The molecule has 3 rings (SSSR count). The number of carbonyl (C=O) groups excluding carboxylic acids is 1. The van der Waals surface area contributed by atoms with Crippen LogP contribution in [0.25, 0.3) is 0 Å². The number of amides is 1. The van der Waals surface area contributed by atoms with Gasteiger partial charge in [-0.15, -0.1) is 0 Å². The SMILES string of the molecule is CCCCOc1ccccc1/C=N\NC(=O)CN(c1ccc(C)c(Cl)c1)S(=O)(=O)c1ccccc1. The number of halogens is 1. The number of hydrazone groups is 1. The molecule has 1 amide bonds. The Morgan fingerprint density at radius 1 is 1.09 bits per heavy atom. The van der Waals surface area contributed by atoms with E-state index in [9.17, 15) is 13.2 Å². The summed E-state index contributed by atoms with van der Waals surface area (Å²) in [7, 11) is -4.03. The predicted molar refractivity (Wildman–Crippen MR) is 140 cm³/mol. The molecule has 0 aliphatic rings. The van der Waals surface area contributed by atoms with E-state index in [1.165, 1.54) is 24.4 Å². The summed E-state index contributed by atoms with van der Waals surface area (Å²) in [4.78, 5) is 12.8. The number of anilines is 1. The van der Waals surface area contributed by atoms with Crippen LogP contribution in [0, 0.1) is 6.92 Å². The fourth-order valence-electron chi connectivity index (χ4n) is 3.16. The second-order valence-corrected chi connectivity index (χ2v) is 10.1. The smallest absolute Gasteiger partial charge is 0.264 e. The summed E-state index contributed by atoms with van der Waals surface area (Å²) in [6.07, 6.45) is 3.41. The maximum Gasteiger partial charge on any atom is 0.264 e. The normalized spacial score (nSPS) is 11.4. The Labute approximate surface area is 211 Å². The lowest BCUT2D eigenvalue weighted by Gasteiger charge is -2.24. The Bertz CT molecular complexity index is 1280. The zero-order valence-corrected chi connectivity index (χ0v) is 21.2. The van der Waals surface area contributed by atoms with Gasteiger partial charge in [0, 0.05) is 10.6 Å². The van der Waals surface area contributed by atoms with E-state index in [1.54, 1.807) is 30.3 Å². The van der Waals surface area contributed by atoms with Gasteiger partial charge in [0.05, 0.1) is 23.4 Å². The molecule has 0 aliphatic heterocycles. The minimum absolute atomic E-state index is 0.0613. The van der Waals surface area contributed by atoms with Gasteiger partial charge in [0.25, 0.3) is 15.9 Å². The van der Waals surface area contributed by atoms with Crippen molar-refractivity contribution in [1.29, 1.82) is 0 Å². The second kappa shape index (κ2) is 12.4. The monoisotopic (exact) mass is 513 g/mol. The van der Waals surface area contributed by atoms with Crippen molar-refractivity contribution in [3.8, 4) is 5.75 Å². The third-order valence-corrected chi connectivity index (χ3v) is 7.32. The van der Waals surface area contributed by atoms with Gasteiger partial charge in [-0.25, -0.2) is 13.8 Å². The average molecular weight is 514 g/mol. The Morgan fingerprint density at radius 2 is 1.80 bits per heavy atom. The Kier molecular flexibility index (Phi) is 9.28. The topological polar surface area (TPSA) is 88.1 Å². The van der Waals surface area contributed by atoms with Crippen molar-refractivity contribution >= 4 is 39.4 Å². The summed E-state index contributed by atoms with van der Waals surface area (Å²) in [5, 5.41) is 4.41. The highest BCUT2D eigenvalue weighted by molar-refractivity contribution is 7.92. The van der Waals surface area contributed by atoms with Crippen molar-refractivity contribution < 1.29 is 17.9 Å². The lowest BCUT2D eigenvalue weighted by atomic mass is 10.2. The van der Waals surface area contributed by atoms with Crippen LogP contribution in [0.3, 0.4) is 0 Å². The molecule has 7 nitrogen and oxygen atoms in total. The first-order valence-electron chi connectivity index (χ1n) is 11.2. The number of benzene rings is 3. The van der Waals surface area contributed by atoms with E-state index in [2.05, 4.69) is 17.5 Å². The van der Waals surface area contributed by atoms with Gasteiger partial charge in [0.15, 0.2) is 0 Å². The van der Waals surface area contributed by atoms with Crippen molar-refractivity contribution in [2.24, 2.45) is 5.10 Å². The molecular formula is C26H28ClN3O4S. The number of sulfonamides is 1. The number of hydrogen-bond donors (Lipinski definition) is 1. The van der Waals surface area contributed by atoms with Gasteiger partial charge in [0.2, 0.25) is 0 Å². The fourth-order valence-corrected chi connectivity index (χ4v) is 4.76. The molecule has 0 aliphatic carbocycles. The summed E-state index contributed by atoms with van der Waals surface area (Å²) in [5.41, 5.74) is 4.18. The standard InChI is InChI=1S/C26H28ClN3O4S/c1-3-4-16-34-25-13-9-8-10-21(25)18-28-29-26(31)19-30(22-15-14-20(2)24(27)17-22)35(32,33)23-11-6-5-7-12-23/h5-15,17-18H,3-4,16,19H2,1-2H3,(H,29,31)/b28-18-. The van der Waals surface area contributed by atoms with E-state index in [-0.39, 0.29) is 10.6 Å². The lowest BCUT2D eigenvalue weighted by Crippen LogP contribution is -2.39. The maximum absolute atomic E-state index is 13.4. The van der Waals surface area contributed by atoms with E-state index in [4.69, 9.17) is 16.3 Å². The van der Waals surface area contributed by atoms with Crippen LogP contribution in [0.1, 0.15) is 30.9 Å². The number of carbonyl (C=O) groups is 1. The highest BCUT2D eigenvalue weighted by atomic mass is 35.5. The molecule has 9 heteroatoms. The summed E-state index contributed by atoms with van der Waals surface area (Å²) in [6, 6.07) is 20.1. The molecule has 0 atom stereocenters. The van der Waals surface area contributed by atoms with E-state index in [0.29, 0.717) is 22.9 Å². The lowest BCUT2D eigenvalue weighted by molar-refractivity contribution is -0.119. The molecule has 0 saturated carbocycles. The van der Waals surface area contributed by atoms with E-state index in [0.717, 1.165) is 22.7 Å². The molecule has 0 aromatic heterocycles. The minimum Gasteiger partial charge on any atom is -0.493 e. The number of unbranched alkanes of at least 4 members (excludes halogenated alkanes) is 1. The first kappa shape index (κ1) is 26.2. The number of rotatable bonds is 11. The molecule has 0 radical (unpaired) electrons. The van der Waals surface area contributed by atoms with Crippen LogP contribution in [-0.2, 0) is 14.8 Å². The number of aryl methyl sites for hydroxylation is 1. The summed E-state index contributed by atoms with van der Waals surface area (Å²) in [6.45, 7) is 3.99. The summed E-state index contributed by atoms with van der Waals surface area (Å²) in [5.74, 6) is 0.0448. The van der Waals surface area contributed by atoms with E-state index >= 15 is 0 Å². The number of ether oxygens (including phenoxy) is 1. The number of nitrogens with one attached hydrogen (secondary N) is 1. The molecule has 3 aromatic carbocycles. The summed E-state index contributed by atoms with van der Waals surface area (Å²) >= 11 is 6.24. The Balaban J connectivity index is 1.80. The predicted octanol–water partition coefficient (Wildman–Crippen LogP) is 5.17. The quantitative estimate of drug-likeness (QED) is 0.217. The molecule has 0 heterocycles. The third kappa shape index (κ3) is 7.07. The highest BCUT2D eigenvalue weighted by Gasteiger charge is 2.27. The van der Waals surface area contributed by atoms with Crippen molar-refractivity contribution in [2.45, 2.75) is 31.6 Å². The number of para-hydroxylation sites is 1. The molecule has 0 saturated heterocycles. The van der Waals surface area contributed by atoms with Crippen molar-refractivity contribution in [1.82, 2.24) is 5.43 Å². The Morgan fingerprint density at radius 3 is 2.51 bits per heavy atom. The second-order valence-electron chi connectivity index (χ2n) is 7.79. The zero-order valence-electron chi connectivity index (χ0n) is 19.6. The van der Waals surface area contributed by atoms with Crippen molar-refractivity contribution in [3.63, 3.8) is 0 Å². The van der Waals surface area contributed by atoms with Crippen LogP contribution in [0.2, 0.25) is 5.02 Å². The first-order valence-corrected chi connectivity index (χ1v) is 13.0. The molecule has 35 heavy (non-hydrogen) atoms. The van der Waals surface area contributed by atoms with Gasteiger partial charge in [-0.2, -0.15) is 5.10 Å². The van der Waals surface area contributed by atoms with Crippen LogP contribution in [-0.4, -0.2) is 33.7 Å². The molecule has 0 fully saturated rings. The van der Waals surface area contributed by atoms with Gasteiger partial charge < -0.3 is 4.74 Å². The molecule has 0 unspecified atom stereocenters. The van der Waals surface area contributed by atoms with Gasteiger partial charge in [-0.1, -0.05) is 61.3 Å². The maximum atomic E-state index is 13.4. The first-order chi connectivity index (χ1) is 16.8. The van der Waals surface area contributed by atoms with Gasteiger partial charge in [-0.05, 0) is 55.3 Å². The van der Waals surface area contributed by atoms with Crippen LogP contribution in [0.4, 0.5) is 5.69 Å². The van der Waals surface area contributed by atoms with Crippen molar-refractivity contribution in [2.75, 3.05) is 17.5 Å². The molecule has 0 spiro atoms. The van der Waals surface area contributed by atoms with Gasteiger partial charge in [-0.3, -0.25) is 9.10 Å². The molecule has 0 bridgehead atoms. The third-order valence-electron chi connectivity index (χ3n) is 5.13. The minimum atomic E-state index is -4.03. The number of nitrogens with zero attached hydrogens (tertiary/aromatic N) is 2. The van der Waals surface area contributed by atoms with Crippen LogP contribution in [0.15, 0.2) is 82.8 Å². The summed E-state index contributed by atoms with van der Waals surface area (Å²) < 4.78 is 33.5. The van der Waals surface area contributed by atoms with E-state index in [1.807, 2.05) is 31.2 Å². The van der Waals surface area contributed by atoms with E-state index < -0.39 is 22.5 Å². The van der Waals surface area contributed by atoms with Crippen LogP contribution < -0.4 is 14.5 Å². The van der Waals surface area contributed by atoms with Crippen LogP contribution in [0.5, 0.6) is 5.75 Å². The van der Waals surface area contributed by atoms with Gasteiger partial charge in [0.1, 0.15) is 12.3 Å². The molecule has 3 aromatic rings.